The number of allylic oxidation sites excluding steroid dienone is 1. The zero-order valence-electron chi connectivity index (χ0n) is 16.8. The lowest BCUT2D eigenvalue weighted by molar-refractivity contribution is -0.114. The van der Waals surface area contributed by atoms with Gasteiger partial charge in [0.15, 0.2) is 5.17 Å². The summed E-state index contributed by atoms with van der Waals surface area (Å²) in [6.07, 6.45) is 1.77. The molecule has 0 spiro atoms. The summed E-state index contributed by atoms with van der Waals surface area (Å²) in [5.74, 6) is 0.634. The number of carbonyl (C=O) groups is 1. The van der Waals surface area contributed by atoms with Gasteiger partial charge in [-0.15, -0.1) is 0 Å². The molecule has 0 bridgehead atoms. The van der Waals surface area contributed by atoms with Gasteiger partial charge >= 0.3 is 0 Å². The number of aliphatic imine (C=N–C) groups is 1. The SMILES string of the molecule is CCOc1ccc(-n2c(C)cc(/C=C3\C(=N)N4C(C)=CSC4=NC3=O)c2C)cc1. The number of ether oxygens (including phenoxy) is 1. The predicted molar refractivity (Wildman–Crippen MR) is 118 cm³/mol. The number of fused-ring (bicyclic) bond motifs is 1. The third kappa shape index (κ3) is 3.31. The minimum absolute atomic E-state index is 0.171. The minimum Gasteiger partial charge on any atom is -0.494 e. The van der Waals surface area contributed by atoms with Crippen molar-refractivity contribution in [3.63, 3.8) is 0 Å². The number of nitrogens with one attached hydrogen (secondary N) is 1. The molecule has 0 unspecified atom stereocenters. The maximum atomic E-state index is 12.5. The van der Waals surface area contributed by atoms with Crippen molar-refractivity contribution < 1.29 is 9.53 Å². The normalized spacial score (nSPS) is 17.5. The van der Waals surface area contributed by atoms with E-state index in [0.717, 1.165) is 34.1 Å². The first-order valence-electron chi connectivity index (χ1n) is 9.40. The molecule has 0 radical (unpaired) electrons. The van der Waals surface area contributed by atoms with E-state index in [1.165, 1.54) is 11.8 Å². The van der Waals surface area contributed by atoms with Gasteiger partial charge in [0.05, 0.1) is 12.2 Å². The molecule has 1 amide bonds. The van der Waals surface area contributed by atoms with Crippen LogP contribution in [0.15, 0.2) is 52.0 Å². The molecule has 0 saturated carbocycles. The fraction of sp³-hybridized carbons (Fsp3) is 0.227. The summed E-state index contributed by atoms with van der Waals surface area (Å²) in [4.78, 5) is 18.4. The number of carbonyl (C=O) groups excluding carboxylic acids is 1. The summed E-state index contributed by atoms with van der Waals surface area (Å²) < 4.78 is 7.66. The van der Waals surface area contributed by atoms with E-state index in [1.54, 1.807) is 11.0 Å². The lowest BCUT2D eigenvalue weighted by Crippen LogP contribution is -2.37. The molecule has 1 N–H and O–H groups in total. The highest BCUT2D eigenvalue weighted by atomic mass is 32.2. The third-order valence-corrected chi connectivity index (χ3v) is 5.90. The molecule has 0 saturated heterocycles. The first kappa shape index (κ1) is 19.3. The Morgan fingerprint density at radius 3 is 2.62 bits per heavy atom. The number of amidine groups is 2. The quantitative estimate of drug-likeness (QED) is 0.750. The van der Waals surface area contributed by atoms with Gasteiger partial charge in [-0.2, -0.15) is 4.99 Å². The fourth-order valence-electron chi connectivity index (χ4n) is 3.59. The molecule has 0 aliphatic carbocycles. The maximum absolute atomic E-state index is 12.5. The molecule has 1 aromatic carbocycles. The highest BCUT2D eigenvalue weighted by Gasteiger charge is 2.34. The predicted octanol–water partition coefficient (Wildman–Crippen LogP) is 4.66. The van der Waals surface area contributed by atoms with Crippen molar-refractivity contribution in [2.75, 3.05) is 6.61 Å². The Balaban J connectivity index is 1.72. The highest BCUT2D eigenvalue weighted by Crippen LogP contribution is 2.32. The van der Waals surface area contributed by atoms with Gasteiger partial charge in [-0.05, 0) is 75.1 Å². The Bertz CT molecular complexity index is 1110. The van der Waals surface area contributed by atoms with Gasteiger partial charge in [0.2, 0.25) is 0 Å². The average Bonchev–Trinajstić information content (AvgIpc) is 3.19. The Hall–Kier alpha value is -3.06. The van der Waals surface area contributed by atoms with Crippen molar-refractivity contribution in [1.82, 2.24) is 9.47 Å². The van der Waals surface area contributed by atoms with Gasteiger partial charge < -0.3 is 9.30 Å². The standard InChI is InChI=1S/C22H22N4O2S/c1-5-28-18-8-6-17(7-9-18)25-13(2)10-16(15(25)4)11-19-20(23)26-14(3)12-29-22(26)24-21(19)27/h6-12,23H,5H2,1-4H3/b19-11+,23-20?. The molecule has 4 rings (SSSR count). The molecule has 2 aromatic rings. The Morgan fingerprint density at radius 2 is 1.93 bits per heavy atom. The molecule has 3 heterocycles. The van der Waals surface area contributed by atoms with Crippen LogP contribution in [0.3, 0.4) is 0 Å². The number of thioether (sulfide) groups is 1. The first-order chi connectivity index (χ1) is 13.9. The van der Waals surface area contributed by atoms with Gasteiger partial charge in [0, 0.05) is 22.8 Å². The van der Waals surface area contributed by atoms with Gasteiger partial charge in [-0.25, -0.2) is 0 Å². The lowest BCUT2D eigenvalue weighted by atomic mass is 10.1. The van der Waals surface area contributed by atoms with Crippen LogP contribution in [0.2, 0.25) is 0 Å². The molecule has 0 fully saturated rings. The van der Waals surface area contributed by atoms with Gasteiger partial charge in [-0.3, -0.25) is 15.1 Å². The molecule has 2 aliphatic heterocycles. The average molecular weight is 407 g/mol. The number of nitrogens with zero attached hydrogens (tertiary/aromatic N) is 3. The summed E-state index contributed by atoms with van der Waals surface area (Å²) >= 11 is 1.37. The molecule has 0 atom stereocenters. The number of aryl methyl sites for hydroxylation is 1. The van der Waals surface area contributed by atoms with Crippen LogP contribution in [0.5, 0.6) is 5.75 Å². The van der Waals surface area contributed by atoms with Crippen LogP contribution >= 0.6 is 11.8 Å². The van der Waals surface area contributed by atoms with Gasteiger partial charge in [0.1, 0.15) is 11.6 Å². The highest BCUT2D eigenvalue weighted by molar-refractivity contribution is 8.16. The molecule has 29 heavy (non-hydrogen) atoms. The van der Waals surface area contributed by atoms with Gasteiger partial charge in [0.25, 0.3) is 5.91 Å². The van der Waals surface area contributed by atoms with Crippen LogP contribution in [0.4, 0.5) is 0 Å². The van der Waals surface area contributed by atoms with Crippen LogP contribution in [-0.2, 0) is 4.79 Å². The zero-order chi connectivity index (χ0) is 20.7. The minimum atomic E-state index is -0.372. The number of amides is 1. The molecule has 148 valence electrons. The number of hydrogen-bond donors (Lipinski definition) is 1. The Labute approximate surface area is 174 Å². The summed E-state index contributed by atoms with van der Waals surface area (Å²) in [5, 5.41) is 11.0. The first-order valence-corrected chi connectivity index (χ1v) is 10.3. The number of rotatable bonds is 4. The van der Waals surface area contributed by atoms with E-state index in [0.29, 0.717) is 17.3 Å². The van der Waals surface area contributed by atoms with E-state index in [-0.39, 0.29) is 11.7 Å². The Kier molecular flexibility index (Phi) is 4.92. The van der Waals surface area contributed by atoms with Gasteiger partial charge in [-0.1, -0.05) is 11.8 Å². The largest absolute Gasteiger partial charge is 0.494 e. The monoisotopic (exact) mass is 406 g/mol. The van der Waals surface area contributed by atoms with E-state index < -0.39 is 0 Å². The Morgan fingerprint density at radius 1 is 1.21 bits per heavy atom. The van der Waals surface area contributed by atoms with E-state index >= 15 is 0 Å². The van der Waals surface area contributed by atoms with Crippen LogP contribution < -0.4 is 4.74 Å². The number of aromatic nitrogens is 1. The fourth-order valence-corrected chi connectivity index (χ4v) is 4.44. The smallest absolute Gasteiger partial charge is 0.283 e. The van der Waals surface area contributed by atoms with Crippen molar-refractivity contribution in [3.05, 3.63) is 64.0 Å². The second kappa shape index (κ2) is 7.40. The number of hydrogen-bond acceptors (Lipinski definition) is 4. The van der Waals surface area contributed by atoms with E-state index in [4.69, 9.17) is 10.1 Å². The summed E-state index contributed by atoms with van der Waals surface area (Å²) in [6, 6.07) is 9.96. The molecular formula is C22H22N4O2S. The molecular weight excluding hydrogens is 384 g/mol. The van der Waals surface area contributed by atoms with Crippen molar-refractivity contribution in [1.29, 1.82) is 5.41 Å². The summed E-state index contributed by atoms with van der Waals surface area (Å²) in [5.41, 5.74) is 5.17. The zero-order valence-corrected chi connectivity index (χ0v) is 17.6. The van der Waals surface area contributed by atoms with Crippen molar-refractivity contribution >= 4 is 34.7 Å². The van der Waals surface area contributed by atoms with E-state index in [2.05, 4.69) is 9.56 Å². The lowest BCUT2D eigenvalue weighted by Gasteiger charge is -2.25. The van der Waals surface area contributed by atoms with Crippen LogP contribution in [-0.4, -0.2) is 33.0 Å². The van der Waals surface area contributed by atoms with E-state index in [9.17, 15) is 4.79 Å². The van der Waals surface area contributed by atoms with Crippen LogP contribution in [0.25, 0.3) is 11.8 Å². The van der Waals surface area contributed by atoms with Crippen molar-refractivity contribution in [2.24, 2.45) is 4.99 Å². The summed E-state index contributed by atoms with van der Waals surface area (Å²) in [7, 11) is 0. The van der Waals surface area contributed by atoms with E-state index in [1.807, 2.05) is 63.4 Å². The molecule has 7 heteroatoms. The van der Waals surface area contributed by atoms with Crippen LogP contribution in [0.1, 0.15) is 30.8 Å². The second-order valence-electron chi connectivity index (χ2n) is 6.91. The van der Waals surface area contributed by atoms with Crippen LogP contribution in [0, 0.1) is 19.3 Å². The third-order valence-electron chi connectivity index (χ3n) is 4.96. The van der Waals surface area contributed by atoms with Crippen molar-refractivity contribution in [2.45, 2.75) is 27.7 Å². The topological polar surface area (TPSA) is 70.7 Å². The van der Waals surface area contributed by atoms with Crippen molar-refractivity contribution in [3.8, 4) is 11.4 Å². The molecule has 1 aromatic heterocycles. The maximum Gasteiger partial charge on any atom is 0.283 e. The molecule has 6 nitrogen and oxygen atoms in total. The second-order valence-corrected chi connectivity index (χ2v) is 7.74. The number of benzene rings is 1. The summed E-state index contributed by atoms with van der Waals surface area (Å²) in [6.45, 7) is 8.55. The molecule has 2 aliphatic rings.